The molecule has 0 aliphatic rings. The quantitative estimate of drug-likeness (QED) is 0.850. The van der Waals surface area contributed by atoms with Crippen molar-refractivity contribution in [3.63, 3.8) is 0 Å². The highest BCUT2D eigenvalue weighted by molar-refractivity contribution is 5.81. The maximum absolute atomic E-state index is 11.8. The molecule has 0 fully saturated rings. The fraction of sp³-hybridized carbons (Fsp3) is 0.556. The minimum atomic E-state index is -4.82. The van der Waals surface area contributed by atoms with Crippen LogP contribution in [0.25, 0.3) is 0 Å². The largest absolute Gasteiger partial charge is 0.471 e. The van der Waals surface area contributed by atoms with Crippen molar-refractivity contribution in [1.82, 2.24) is 14.9 Å². The standard InChI is InChI=1S/C9H12F3N3O/c1-2-15-5-7(14-6-15)3-4-13-8(16)9(10,11)12/h5-6H,2-4H2,1H3,(H,13,16). The number of halogens is 3. The Morgan fingerprint density at radius 3 is 2.75 bits per heavy atom. The smallest absolute Gasteiger partial charge is 0.348 e. The van der Waals surface area contributed by atoms with E-state index in [4.69, 9.17) is 0 Å². The second-order valence-corrected chi connectivity index (χ2v) is 3.20. The van der Waals surface area contributed by atoms with Gasteiger partial charge in [-0.05, 0) is 6.92 Å². The van der Waals surface area contributed by atoms with Crippen molar-refractivity contribution in [1.29, 1.82) is 0 Å². The van der Waals surface area contributed by atoms with Crippen LogP contribution in [-0.4, -0.2) is 28.2 Å². The topological polar surface area (TPSA) is 46.9 Å². The van der Waals surface area contributed by atoms with Gasteiger partial charge in [-0.2, -0.15) is 13.2 Å². The van der Waals surface area contributed by atoms with Crippen LogP contribution in [0.1, 0.15) is 12.6 Å². The molecule has 0 aliphatic carbocycles. The van der Waals surface area contributed by atoms with Crippen LogP contribution < -0.4 is 5.32 Å². The van der Waals surface area contributed by atoms with Gasteiger partial charge >= 0.3 is 12.1 Å². The van der Waals surface area contributed by atoms with Gasteiger partial charge < -0.3 is 9.88 Å². The normalized spacial score (nSPS) is 11.5. The van der Waals surface area contributed by atoms with Gasteiger partial charge in [-0.3, -0.25) is 4.79 Å². The predicted molar refractivity (Wildman–Crippen MR) is 50.7 cm³/mol. The van der Waals surface area contributed by atoms with Gasteiger partial charge in [0.05, 0.1) is 12.0 Å². The third-order valence-electron chi connectivity index (χ3n) is 1.98. The lowest BCUT2D eigenvalue weighted by Crippen LogP contribution is -2.37. The summed E-state index contributed by atoms with van der Waals surface area (Å²) >= 11 is 0. The molecule has 0 saturated carbocycles. The summed E-state index contributed by atoms with van der Waals surface area (Å²) in [5.74, 6) is -1.91. The molecule has 7 heteroatoms. The second-order valence-electron chi connectivity index (χ2n) is 3.20. The zero-order valence-corrected chi connectivity index (χ0v) is 8.71. The molecule has 0 spiro atoms. The molecular weight excluding hydrogens is 223 g/mol. The zero-order chi connectivity index (χ0) is 12.2. The van der Waals surface area contributed by atoms with E-state index in [9.17, 15) is 18.0 Å². The number of aryl methyl sites for hydroxylation is 1. The van der Waals surface area contributed by atoms with Crippen LogP contribution in [-0.2, 0) is 17.8 Å². The molecule has 0 aliphatic heterocycles. The number of alkyl halides is 3. The molecule has 0 bridgehead atoms. The van der Waals surface area contributed by atoms with Crippen molar-refractivity contribution >= 4 is 5.91 Å². The first-order valence-corrected chi connectivity index (χ1v) is 4.79. The third kappa shape index (κ3) is 3.56. The summed E-state index contributed by atoms with van der Waals surface area (Å²) in [4.78, 5) is 14.4. The van der Waals surface area contributed by atoms with Gasteiger partial charge in [-0.15, -0.1) is 0 Å². The zero-order valence-electron chi connectivity index (χ0n) is 8.71. The molecular formula is C9H12F3N3O. The number of carbonyl (C=O) groups excluding carboxylic acids is 1. The highest BCUT2D eigenvalue weighted by Gasteiger charge is 2.38. The van der Waals surface area contributed by atoms with Gasteiger partial charge in [0.1, 0.15) is 0 Å². The minimum Gasteiger partial charge on any atom is -0.348 e. The maximum Gasteiger partial charge on any atom is 0.471 e. The Balaban J connectivity index is 2.33. The monoisotopic (exact) mass is 235 g/mol. The lowest BCUT2D eigenvalue weighted by Gasteiger charge is -2.06. The van der Waals surface area contributed by atoms with Crippen LogP contribution in [0.2, 0.25) is 0 Å². The molecule has 4 nitrogen and oxygen atoms in total. The summed E-state index contributed by atoms with van der Waals surface area (Å²) in [5.41, 5.74) is 0.657. The van der Waals surface area contributed by atoms with Crippen molar-refractivity contribution in [2.45, 2.75) is 26.1 Å². The van der Waals surface area contributed by atoms with E-state index in [2.05, 4.69) is 4.98 Å². The van der Waals surface area contributed by atoms with Crippen molar-refractivity contribution in [2.75, 3.05) is 6.54 Å². The van der Waals surface area contributed by atoms with E-state index in [1.54, 1.807) is 22.4 Å². The van der Waals surface area contributed by atoms with Crippen LogP contribution in [0.15, 0.2) is 12.5 Å². The number of aromatic nitrogens is 2. The third-order valence-corrected chi connectivity index (χ3v) is 1.98. The molecule has 0 radical (unpaired) electrons. The van der Waals surface area contributed by atoms with Gasteiger partial charge in [-0.25, -0.2) is 4.98 Å². The van der Waals surface area contributed by atoms with E-state index in [0.29, 0.717) is 5.69 Å². The van der Waals surface area contributed by atoms with Gasteiger partial charge in [0, 0.05) is 25.7 Å². The fourth-order valence-electron chi connectivity index (χ4n) is 1.11. The Hall–Kier alpha value is -1.53. The van der Waals surface area contributed by atoms with Crippen molar-refractivity contribution in [3.05, 3.63) is 18.2 Å². The van der Waals surface area contributed by atoms with E-state index in [-0.39, 0.29) is 13.0 Å². The SMILES string of the molecule is CCn1cnc(CCNC(=O)C(F)(F)F)c1. The molecule has 1 aromatic rings. The van der Waals surface area contributed by atoms with Crippen LogP contribution >= 0.6 is 0 Å². The first-order valence-electron chi connectivity index (χ1n) is 4.79. The fourth-order valence-corrected chi connectivity index (χ4v) is 1.11. The summed E-state index contributed by atoms with van der Waals surface area (Å²) in [6.07, 6.45) is -1.20. The number of amides is 1. The summed E-state index contributed by atoms with van der Waals surface area (Å²) in [7, 11) is 0. The molecule has 0 aromatic carbocycles. The van der Waals surface area contributed by atoms with E-state index >= 15 is 0 Å². The Bertz CT molecular complexity index is 359. The molecule has 1 N–H and O–H groups in total. The molecule has 1 heterocycles. The molecule has 1 rings (SSSR count). The van der Waals surface area contributed by atoms with Crippen LogP contribution in [0.4, 0.5) is 13.2 Å². The number of rotatable bonds is 4. The van der Waals surface area contributed by atoms with Crippen molar-refractivity contribution in [3.8, 4) is 0 Å². The predicted octanol–water partition coefficient (Wildman–Crippen LogP) is 1.12. The van der Waals surface area contributed by atoms with Crippen LogP contribution in [0, 0.1) is 0 Å². The molecule has 1 aromatic heterocycles. The molecule has 0 unspecified atom stereocenters. The Morgan fingerprint density at radius 1 is 1.56 bits per heavy atom. The molecule has 1 amide bonds. The van der Waals surface area contributed by atoms with Crippen molar-refractivity contribution < 1.29 is 18.0 Å². The number of carbonyl (C=O) groups is 1. The lowest BCUT2D eigenvalue weighted by atomic mass is 10.3. The van der Waals surface area contributed by atoms with E-state index < -0.39 is 12.1 Å². The molecule has 0 atom stereocenters. The first kappa shape index (κ1) is 12.5. The van der Waals surface area contributed by atoms with E-state index in [1.807, 2.05) is 6.92 Å². The molecule has 16 heavy (non-hydrogen) atoms. The Morgan fingerprint density at radius 2 is 2.25 bits per heavy atom. The minimum absolute atomic E-state index is 0.0704. The second kappa shape index (κ2) is 5.00. The van der Waals surface area contributed by atoms with Gasteiger partial charge in [0.25, 0.3) is 0 Å². The van der Waals surface area contributed by atoms with Crippen LogP contribution in [0.3, 0.4) is 0 Å². The molecule has 0 saturated heterocycles. The number of hydrogen-bond acceptors (Lipinski definition) is 2. The highest BCUT2D eigenvalue weighted by atomic mass is 19.4. The summed E-state index contributed by atoms with van der Waals surface area (Å²) in [5, 5.41) is 1.79. The number of nitrogens with zero attached hydrogens (tertiary/aromatic N) is 2. The summed E-state index contributed by atoms with van der Waals surface area (Å²) < 4.78 is 37.2. The average molecular weight is 235 g/mol. The van der Waals surface area contributed by atoms with Gasteiger partial charge in [0.15, 0.2) is 0 Å². The summed E-state index contributed by atoms with van der Waals surface area (Å²) in [6, 6.07) is 0. The summed E-state index contributed by atoms with van der Waals surface area (Å²) in [6.45, 7) is 2.61. The van der Waals surface area contributed by atoms with E-state index in [0.717, 1.165) is 6.54 Å². The maximum atomic E-state index is 11.8. The Labute approximate surface area is 90.5 Å². The average Bonchev–Trinajstić information content (AvgIpc) is 2.64. The van der Waals surface area contributed by atoms with Gasteiger partial charge in [0.2, 0.25) is 0 Å². The highest BCUT2D eigenvalue weighted by Crippen LogP contribution is 2.13. The van der Waals surface area contributed by atoms with Gasteiger partial charge in [-0.1, -0.05) is 0 Å². The number of imidazole rings is 1. The van der Waals surface area contributed by atoms with E-state index in [1.165, 1.54) is 0 Å². The first-order chi connectivity index (χ1) is 7.43. The van der Waals surface area contributed by atoms with Crippen molar-refractivity contribution in [2.24, 2.45) is 0 Å². The Kier molecular flexibility index (Phi) is 3.92. The lowest BCUT2D eigenvalue weighted by molar-refractivity contribution is -0.173. The molecule has 90 valence electrons. The number of nitrogens with one attached hydrogen (secondary N) is 1. The van der Waals surface area contributed by atoms with Crippen LogP contribution in [0.5, 0.6) is 0 Å². The number of hydrogen-bond donors (Lipinski definition) is 1.